The summed E-state index contributed by atoms with van der Waals surface area (Å²) >= 11 is 5.83. The highest BCUT2D eigenvalue weighted by molar-refractivity contribution is 6.28. The van der Waals surface area contributed by atoms with Crippen molar-refractivity contribution in [2.75, 3.05) is 6.61 Å². The number of hydrogen-bond acceptors (Lipinski definition) is 3. The lowest BCUT2D eigenvalue weighted by Crippen LogP contribution is -2.00. The summed E-state index contributed by atoms with van der Waals surface area (Å²) in [5.74, 6) is 0.573. The Bertz CT molecular complexity index is 487. The third-order valence-electron chi connectivity index (χ3n) is 2.28. The lowest BCUT2D eigenvalue weighted by atomic mass is 10.2. The van der Waals surface area contributed by atoms with E-state index in [0.29, 0.717) is 12.5 Å². The van der Waals surface area contributed by atoms with E-state index in [9.17, 15) is 0 Å². The molecule has 2 aromatic rings. The van der Waals surface area contributed by atoms with Crippen molar-refractivity contribution in [1.29, 1.82) is 0 Å². The molecule has 0 saturated carbocycles. The lowest BCUT2D eigenvalue weighted by Gasteiger charge is -2.07. The first kappa shape index (κ1) is 11.1. The molecule has 1 heterocycles. The molecule has 2 rings (SSSR count). The first-order chi connectivity index (χ1) is 7.81. The molecule has 0 radical (unpaired) electrons. The second-order valence-corrected chi connectivity index (χ2v) is 3.86. The van der Waals surface area contributed by atoms with Gasteiger partial charge in [-0.05, 0) is 30.2 Å². The molecule has 0 amide bonds. The molecule has 0 aliphatic rings. The molecule has 3 nitrogen and oxygen atoms in total. The van der Waals surface area contributed by atoms with Gasteiger partial charge in [0.1, 0.15) is 0 Å². The first-order valence-corrected chi connectivity index (χ1v) is 5.74. The minimum Gasteiger partial charge on any atom is -0.477 e. The van der Waals surface area contributed by atoms with Gasteiger partial charge < -0.3 is 4.74 Å². The summed E-state index contributed by atoms with van der Waals surface area (Å²) < 4.78 is 5.60. The van der Waals surface area contributed by atoms with Gasteiger partial charge in [0, 0.05) is 0 Å². The van der Waals surface area contributed by atoms with Gasteiger partial charge in [-0.25, -0.2) is 4.98 Å². The number of para-hydroxylation sites is 1. The molecule has 0 atom stereocenters. The number of ether oxygens (including phenoxy) is 1. The summed E-state index contributed by atoms with van der Waals surface area (Å²) in [6.45, 7) is 2.78. The van der Waals surface area contributed by atoms with E-state index in [-0.39, 0.29) is 5.28 Å². The Morgan fingerprint density at radius 1 is 1.25 bits per heavy atom. The SMILES string of the molecule is CCCCOc1nc(Cl)nc2ccccc12. The zero-order valence-electron chi connectivity index (χ0n) is 9.11. The van der Waals surface area contributed by atoms with Crippen LogP contribution in [0.15, 0.2) is 24.3 Å². The van der Waals surface area contributed by atoms with E-state index in [1.807, 2.05) is 24.3 Å². The summed E-state index contributed by atoms with van der Waals surface area (Å²) in [4.78, 5) is 8.24. The van der Waals surface area contributed by atoms with Crippen LogP contribution in [0.2, 0.25) is 5.28 Å². The maximum absolute atomic E-state index is 5.83. The number of aromatic nitrogens is 2. The summed E-state index contributed by atoms with van der Waals surface area (Å²) in [6, 6.07) is 7.69. The molecule has 0 saturated heterocycles. The number of halogens is 1. The highest BCUT2D eigenvalue weighted by Gasteiger charge is 2.06. The summed E-state index contributed by atoms with van der Waals surface area (Å²) in [5.41, 5.74) is 0.814. The van der Waals surface area contributed by atoms with Crippen LogP contribution in [-0.4, -0.2) is 16.6 Å². The molecule has 4 heteroatoms. The molecule has 16 heavy (non-hydrogen) atoms. The fourth-order valence-electron chi connectivity index (χ4n) is 1.44. The average Bonchev–Trinajstić information content (AvgIpc) is 2.29. The summed E-state index contributed by atoms with van der Waals surface area (Å²) in [6.07, 6.45) is 2.10. The number of nitrogens with zero attached hydrogens (tertiary/aromatic N) is 2. The highest BCUT2D eigenvalue weighted by Crippen LogP contribution is 2.23. The van der Waals surface area contributed by atoms with Crippen LogP contribution in [0.1, 0.15) is 19.8 Å². The average molecular weight is 237 g/mol. The molecule has 0 N–H and O–H groups in total. The molecule has 0 aliphatic carbocycles. The fourth-order valence-corrected chi connectivity index (χ4v) is 1.61. The monoisotopic (exact) mass is 236 g/mol. The normalized spacial score (nSPS) is 10.6. The van der Waals surface area contributed by atoms with Gasteiger partial charge >= 0.3 is 0 Å². The van der Waals surface area contributed by atoms with E-state index in [4.69, 9.17) is 16.3 Å². The van der Waals surface area contributed by atoms with E-state index < -0.39 is 0 Å². The van der Waals surface area contributed by atoms with Gasteiger partial charge in [0.05, 0.1) is 17.5 Å². The standard InChI is InChI=1S/C12H13ClN2O/c1-2-3-8-16-11-9-6-4-5-7-10(9)14-12(13)15-11/h4-7H,2-3,8H2,1H3. The predicted octanol–water partition coefficient (Wildman–Crippen LogP) is 3.46. The Balaban J connectivity index is 2.34. The molecule has 0 aliphatic heterocycles. The maximum atomic E-state index is 5.83. The van der Waals surface area contributed by atoms with Crippen molar-refractivity contribution in [3.63, 3.8) is 0 Å². The number of unbranched alkanes of at least 4 members (excludes halogenated alkanes) is 1. The molecule has 0 spiro atoms. The van der Waals surface area contributed by atoms with Crippen LogP contribution in [0.3, 0.4) is 0 Å². The largest absolute Gasteiger partial charge is 0.477 e. The van der Waals surface area contributed by atoms with Gasteiger partial charge in [-0.2, -0.15) is 4.98 Å². The second-order valence-electron chi connectivity index (χ2n) is 3.52. The van der Waals surface area contributed by atoms with Gasteiger partial charge in [-0.3, -0.25) is 0 Å². The van der Waals surface area contributed by atoms with Crippen molar-refractivity contribution in [3.8, 4) is 5.88 Å². The van der Waals surface area contributed by atoms with Crippen molar-refractivity contribution in [3.05, 3.63) is 29.5 Å². The van der Waals surface area contributed by atoms with Crippen LogP contribution in [-0.2, 0) is 0 Å². The van der Waals surface area contributed by atoms with Crippen molar-refractivity contribution in [1.82, 2.24) is 9.97 Å². The Labute approximate surface area is 99.4 Å². The fraction of sp³-hybridized carbons (Fsp3) is 0.333. The quantitative estimate of drug-likeness (QED) is 0.602. The second kappa shape index (κ2) is 5.12. The van der Waals surface area contributed by atoms with Gasteiger partial charge in [-0.1, -0.05) is 25.5 Å². The zero-order valence-corrected chi connectivity index (χ0v) is 9.87. The van der Waals surface area contributed by atoms with Crippen LogP contribution in [0, 0.1) is 0 Å². The summed E-state index contributed by atoms with van der Waals surface area (Å²) in [7, 11) is 0. The third kappa shape index (κ3) is 2.42. The van der Waals surface area contributed by atoms with Crippen LogP contribution in [0.25, 0.3) is 10.9 Å². The van der Waals surface area contributed by atoms with E-state index in [0.717, 1.165) is 23.7 Å². The predicted molar refractivity (Wildman–Crippen MR) is 65.0 cm³/mol. The van der Waals surface area contributed by atoms with Gasteiger partial charge in [0.25, 0.3) is 0 Å². The number of hydrogen-bond donors (Lipinski definition) is 0. The molecule has 84 valence electrons. The smallest absolute Gasteiger partial charge is 0.226 e. The Kier molecular flexibility index (Phi) is 3.57. The van der Waals surface area contributed by atoms with E-state index in [2.05, 4.69) is 16.9 Å². The van der Waals surface area contributed by atoms with Crippen LogP contribution in [0.4, 0.5) is 0 Å². The number of rotatable bonds is 4. The van der Waals surface area contributed by atoms with E-state index in [1.165, 1.54) is 0 Å². The topological polar surface area (TPSA) is 35.0 Å². The molecule has 1 aromatic heterocycles. The van der Waals surface area contributed by atoms with E-state index in [1.54, 1.807) is 0 Å². The van der Waals surface area contributed by atoms with Crippen molar-refractivity contribution < 1.29 is 4.74 Å². The number of benzene rings is 1. The lowest BCUT2D eigenvalue weighted by molar-refractivity contribution is 0.301. The molecular formula is C12H13ClN2O. The number of fused-ring (bicyclic) bond motifs is 1. The Morgan fingerprint density at radius 2 is 2.06 bits per heavy atom. The van der Waals surface area contributed by atoms with Crippen molar-refractivity contribution >= 4 is 22.5 Å². The molecular weight excluding hydrogens is 224 g/mol. The van der Waals surface area contributed by atoms with Gasteiger partial charge in [0.2, 0.25) is 11.2 Å². The molecule has 1 aromatic carbocycles. The summed E-state index contributed by atoms with van der Waals surface area (Å²) in [5, 5.41) is 1.13. The van der Waals surface area contributed by atoms with Crippen molar-refractivity contribution in [2.24, 2.45) is 0 Å². The molecule has 0 unspecified atom stereocenters. The third-order valence-corrected chi connectivity index (χ3v) is 2.45. The van der Waals surface area contributed by atoms with Crippen LogP contribution >= 0.6 is 11.6 Å². The minimum absolute atomic E-state index is 0.227. The van der Waals surface area contributed by atoms with Gasteiger partial charge in [0.15, 0.2) is 0 Å². The zero-order chi connectivity index (χ0) is 11.4. The van der Waals surface area contributed by atoms with Gasteiger partial charge in [-0.15, -0.1) is 0 Å². The Hall–Kier alpha value is -1.35. The maximum Gasteiger partial charge on any atom is 0.226 e. The first-order valence-electron chi connectivity index (χ1n) is 5.36. The van der Waals surface area contributed by atoms with E-state index >= 15 is 0 Å². The molecule has 0 fully saturated rings. The highest BCUT2D eigenvalue weighted by atomic mass is 35.5. The van der Waals surface area contributed by atoms with Crippen LogP contribution < -0.4 is 4.74 Å². The van der Waals surface area contributed by atoms with Crippen LogP contribution in [0.5, 0.6) is 5.88 Å². The minimum atomic E-state index is 0.227. The molecule has 0 bridgehead atoms. The van der Waals surface area contributed by atoms with Crippen molar-refractivity contribution in [2.45, 2.75) is 19.8 Å². The Morgan fingerprint density at radius 3 is 2.88 bits per heavy atom.